The van der Waals surface area contributed by atoms with Crippen molar-refractivity contribution < 1.29 is 14.3 Å². The first-order valence-electron chi connectivity index (χ1n) is 10.2. The molecule has 0 spiro atoms. The van der Waals surface area contributed by atoms with E-state index in [1.165, 1.54) is 4.90 Å². The van der Waals surface area contributed by atoms with Crippen LogP contribution in [0.3, 0.4) is 0 Å². The number of hydrogen-bond acceptors (Lipinski definition) is 4. The van der Waals surface area contributed by atoms with Gasteiger partial charge in [0.15, 0.2) is 0 Å². The van der Waals surface area contributed by atoms with Gasteiger partial charge in [-0.1, -0.05) is 41.9 Å². The van der Waals surface area contributed by atoms with Crippen molar-refractivity contribution >= 4 is 40.4 Å². The number of nitrogens with one attached hydrogen (secondary N) is 1. The summed E-state index contributed by atoms with van der Waals surface area (Å²) in [6.45, 7) is 5.81. The first-order valence-corrected chi connectivity index (χ1v) is 10.6. The van der Waals surface area contributed by atoms with Crippen molar-refractivity contribution in [1.29, 1.82) is 0 Å². The SMILES string of the molecule is COc1ccccc1NC1=C(c2ccc(C)c(C)c2)C(=O)N(c2ccc(Cl)cc2C)C1=O. The monoisotopic (exact) mass is 446 g/mol. The van der Waals surface area contributed by atoms with Crippen molar-refractivity contribution in [3.8, 4) is 5.75 Å². The third-order valence-corrected chi connectivity index (χ3v) is 5.88. The zero-order valence-electron chi connectivity index (χ0n) is 18.3. The summed E-state index contributed by atoms with van der Waals surface area (Å²) in [5.74, 6) is -0.249. The zero-order valence-corrected chi connectivity index (χ0v) is 19.1. The van der Waals surface area contributed by atoms with Gasteiger partial charge >= 0.3 is 0 Å². The highest BCUT2D eigenvalue weighted by Crippen LogP contribution is 2.37. The lowest BCUT2D eigenvalue weighted by Gasteiger charge is -2.18. The molecule has 0 saturated heterocycles. The molecule has 1 N–H and O–H groups in total. The predicted octanol–water partition coefficient (Wildman–Crippen LogP) is 5.67. The van der Waals surface area contributed by atoms with Gasteiger partial charge in [-0.3, -0.25) is 9.59 Å². The van der Waals surface area contributed by atoms with Crippen molar-refractivity contribution in [1.82, 2.24) is 0 Å². The lowest BCUT2D eigenvalue weighted by atomic mass is 9.99. The van der Waals surface area contributed by atoms with Gasteiger partial charge in [0.1, 0.15) is 11.4 Å². The van der Waals surface area contributed by atoms with E-state index in [1.54, 1.807) is 37.4 Å². The Bertz CT molecular complexity index is 1280. The molecule has 4 rings (SSSR count). The summed E-state index contributed by atoms with van der Waals surface area (Å²) in [5, 5.41) is 3.71. The van der Waals surface area contributed by atoms with Crippen LogP contribution >= 0.6 is 11.6 Å². The van der Waals surface area contributed by atoms with Crippen molar-refractivity contribution in [2.75, 3.05) is 17.3 Å². The van der Waals surface area contributed by atoms with Crippen molar-refractivity contribution in [2.45, 2.75) is 20.8 Å². The van der Waals surface area contributed by atoms with Crippen LogP contribution in [0.25, 0.3) is 5.57 Å². The van der Waals surface area contributed by atoms with Gasteiger partial charge in [-0.15, -0.1) is 0 Å². The molecule has 3 aromatic carbocycles. The van der Waals surface area contributed by atoms with Gasteiger partial charge in [0, 0.05) is 5.02 Å². The highest BCUT2D eigenvalue weighted by Gasteiger charge is 2.41. The number of rotatable bonds is 5. The first-order chi connectivity index (χ1) is 15.3. The summed E-state index contributed by atoms with van der Waals surface area (Å²) in [5.41, 5.74) is 5.18. The van der Waals surface area contributed by atoms with E-state index in [0.29, 0.717) is 33.3 Å². The minimum atomic E-state index is -0.431. The number of para-hydroxylation sites is 2. The van der Waals surface area contributed by atoms with Crippen LogP contribution in [0.4, 0.5) is 11.4 Å². The number of carbonyl (C=O) groups is 2. The minimum Gasteiger partial charge on any atom is -0.495 e. The van der Waals surface area contributed by atoms with Crippen molar-refractivity contribution in [3.63, 3.8) is 0 Å². The standard InChI is InChI=1S/C26H23ClN2O3/c1-15-9-10-18(13-16(15)2)23-24(28-20-7-5-6-8-22(20)32-4)26(31)29(25(23)30)21-12-11-19(27)14-17(21)3/h5-14,28H,1-4H3. The molecular weight excluding hydrogens is 424 g/mol. The highest BCUT2D eigenvalue weighted by molar-refractivity contribution is 6.46. The summed E-state index contributed by atoms with van der Waals surface area (Å²) >= 11 is 6.10. The molecule has 5 nitrogen and oxygen atoms in total. The fourth-order valence-electron chi connectivity index (χ4n) is 3.78. The Kier molecular flexibility index (Phi) is 5.76. The molecule has 0 unspecified atom stereocenters. The van der Waals surface area contributed by atoms with E-state index in [-0.39, 0.29) is 11.6 Å². The molecule has 0 saturated carbocycles. The maximum atomic E-state index is 13.6. The Morgan fingerprint density at radius 1 is 0.844 bits per heavy atom. The second-order valence-corrected chi connectivity index (χ2v) is 8.19. The third kappa shape index (κ3) is 3.76. The number of ether oxygens (including phenoxy) is 1. The van der Waals surface area contributed by atoms with E-state index in [1.807, 2.05) is 51.1 Å². The van der Waals surface area contributed by atoms with E-state index < -0.39 is 5.91 Å². The number of aryl methyl sites for hydroxylation is 3. The second-order valence-electron chi connectivity index (χ2n) is 7.75. The normalized spacial score (nSPS) is 13.7. The Balaban J connectivity index is 1.88. The smallest absolute Gasteiger partial charge is 0.282 e. The summed E-state index contributed by atoms with van der Waals surface area (Å²) < 4.78 is 5.43. The van der Waals surface area contributed by atoms with Crippen LogP contribution in [0, 0.1) is 20.8 Å². The number of amides is 2. The number of methoxy groups -OCH3 is 1. The fraction of sp³-hybridized carbons (Fsp3) is 0.154. The van der Waals surface area contributed by atoms with Crippen LogP contribution < -0.4 is 15.0 Å². The van der Waals surface area contributed by atoms with Gasteiger partial charge in [-0.25, -0.2) is 4.90 Å². The molecule has 0 aliphatic carbocycles. The summed E-state index contributed by atoms with van der Waals surface area (Å²) in [4.78, 5) is 28.5. The molecule has 162 valence electrons. The Labute approximate surface area is 192 Å². The average Bonchev–Trinajstić information content (AvgIpc) is 3.00. The number of imide groups is 1. The molecule has 2 amide bonds. The van der Waals surface area contributed by atoms with E-state index in [2.05, 4.69) is 5.32 Å². The fourth-order valence-corrected chi connectivity index (χ4v) is 4.01. The van der Waals surface area contributed by atoms with Gasteiger partial charge < -0.3 is 10.1 Å². The molecule has 1 heterocycles. The molecule has 0 atom stereocenters. The van der Waals surface area contributed by atoms with Gasteiger partial charge in [-0.2, -0.15) is 0 Å². The van der Waals surface area contributed by atoms with Crippen LogP contribution in [0.1, 0.15) is 22.3 Å². The number of carbonyl (C=O) groups excluding carboxylic acids is 2. The lowest BCUT2D eigenvalue weighted by Crippen LogP contribution is -2.33. The van der Waals surface area contributed by atoms with E-state index in [0.717, 1.165) is 16.7 Å². The molecule has 32 heavy (non-hydrogen) atoms. The predicted molar refractivity (Wildman–Crippen MR) is 128 cm³/mol. The van der Waals surface area contributed by atoms with Gasteiger partial charge in [0.25, 0.3) is 11.8 Å². The van der Waals surface area contributed by atoms with Gasteiger partial charge in [-0.05, 0) is 73.4 Å². The molecule has 1 aliphatic rings. The molecule has 0 radical (unpaired) electrons. The molecular formula is C26H23ClN2O3. The molecule has 0 aromatic heterocycles. The number of benzene rings is 3. The Hall–Kier alpha value is -3.57. The van der Waals surface area contributed by atoms with Gasteiger partial charge in [0.05, 0.1) is 24.1 Å². The Morgan fingerprint density at radius 2 is 1.59 bits per heavy atom. The average molecular weight is 447 g/mol. The first kappa shape index (κ1) is 21.7. The number of nitrogens with zero attached hydrogens (tertiary/aromatic N) is 1. The van der Waals surface area contributed by atoms with E-state index >= 15 is 0 Å². The van der Waals surface area contributed by atoms with Crippen LogP contribution in [-0.4, -0.2) is 18.9 Å². The van der Waals surface area contributed by atoms with Crippen molar-refractivity contribution in [2.24, 2.45) is 0 Å². The Morgan fingerprint density at radius 3 is 2.28 bits per heavy atom. The van der Waals surface area contributed by atoms with Crippen LogP contribution in [0.5, 0.6) is 5.75 Å². The van der Waals surface area contributed by atoms with Gasteiger partial charge in [0.2, 0.25) is 0 Å². The topological polar surface area (TPSA) is 58.6 Å². The quantitative estimate of drug-likeness (QED) is 0.513. The molecule has 6 heteroatoms. The lowest BCUT2D eigenvalue weighted by molar-refractivity contribution is -0.120. The third-order valence-electron chi connectivity index (χ3n) is 5.65. The summed E-state index contributed by atoms with van der Waals surface area (Å²) in [7, 11) is 1.56. The van der Waals surface area contributed by atoms with Crippen LogP contribution in [0.2, 0.25) is 5.02 Å². The molecule has 1 aliphatic heterocycles. The second kappa shape index (κ2) is 8.52. The summed E-state index contributed by atoms with van der Waals surface area (Å²) in [6, 6.07) is 18.1. The highest BCUT2D eigenvalue weighted by atomic mass is 35.5. The van der Waals surface area contributed by atoms with Crippen LogP contribution in [-0.2, 0) is 9.59 Å². The van der Waals surface area contributed by atoms with E-state index in [9.17, 15) is 9.59 Å². The van der Waals surface area contributed by atoms with E-state index in [4.69, 9.17) is 16.3 Å². The van der Waals surface area contributed by atoms with Crippen LogP contribution in [0.15, 0.2) is 66.4 Å². The molecule has 3 aromatic rings. The largest absolute Gasteiger partial charge is 0.495 e. The summed E-state index contributed by atoms with van der Waals surface area (Å²) in [6.07, 6.45) is 0. The number of hydrogen-bond donors (Lipinski definition) is 1. The number of halogens is 1. The number of anilines is 2. The van der Waals surface area contributed by atoms with Crippen molar-refractivity contribution in [3.05, 3.63) is 93.6 Å². The molecule has 0 bridgehead atoms. The zero-order chi connectivity index (χ0) is 23.0. The minimum absolute atomic E-state index is 0.206. The maximum Gasteiger partial charge on any atom is 0.282 e. The maximum absolute atomic E-state index is 13.6. The molecule has 0 fully saturated rings.